The van der Waals surface area contributed by atoms with Gasteiger partial charge in [-0.3, -0.25) is 9.69 Å². The fourth-order valence-electron chi connectivity index (χ4n) is 3.75. The molecule has 0 aromatic heterocycles. The van der Waals surface area contributed by atoms with Gasteiger partial charge in [0.25, 0.3) is 5.91 Å². The third-order valence-electron chi connectivity index (χ3n) is 5.27. The van der Waals surface area contributed by atoms with Crippen molar-refractivity contribution in [1.82, 2.24) is 9.80 Å². The van der Waals surface area contributed by atoms with E-state index in [1.165, 1.54) is 5.56 Å². The quantitative estimate of drug-likeness (QED) is 0.822. The van der Waals surface area contributed by atoms with E-state index < -0.39 is 0 Å². The lowest BCUT2D eigenvalue weighted by molar-refractivity contribution is 0.0668. The monoisotopic (exact) mass is 365 g/mol. The van der Waals surface area contributed by atoms with E-state index in [2.05, 4.69) is 6.07 Å². The van der Waals surface area contributed by atoms with Crippen molar-refractivity contribution in [3.05, 3.63) is 59.7 Å². The molecule has 4 rings (SSSR count). The number of urea groups is 1. The molecule has 2 aliphatic heterocycles. The Bertz CT molecular complexity index is 859. The molecule has 2 aliphatic rings. The van der Waals surface area contributed by atoms with E-state index in [4.69, 9.17) is 4.74 Å². The third kappa shape index (κ3) is 3.35. The number of para-hydroxylation sites is 1. The van der Waals surface area contributed by atoms with Gasteiger partial charge in [-0.05, 0) is 36.2 Å². The summed E-state index contributed by atoms with van der Waals surface area (Å²) in [5.74, 6) is 0.648. The van der Waals surface area contributed by atoms with Crippen LogP contribution in [0.5, 0.6) is 5.75 Å². The Morgan fingerprint density at radius 1 is 0.889 bits per heavy atom. The highest BCUT2D eigenvalue weighted by molar-refractivity contribution is 5.96. The minimum atomic E-state index is -0.0208. The molecule has 2 heterocycles. The first-order valence-corrected chi connectivity index (χ1v) is 9.25. The normalized spacial score (nSPS) is 16.3. The van der Waals surface area contributed by atoms with Gasteiger partial charge in [-0.15, -0.1) is 0 Å². The molecule has 1 saturated heterocycles. The van der Waals surface area contributed by atoms with E-state index in [0.29, 0.717) is 37.5 Å². The van der Waals surface area contributed by atoms with Gasteiger partial charge in [0.2, 0.25) is 0 Å². The van der Waals surface area contributed by atoms with Gasteiger partial charge in [-0.25, -0.2) is 4.79 Å². The first kappa shape index (κ1) is 17.4. The van der Waals surface area contributed by atoms with Gasteiger partial charge in [0.15, 0.2) is 0 Å². The van der Waals surface area contributed by atoms with Crippen molar-refractivity contribution in [3.8, 4) is 5.75 Å². The summed E-state index contributed by atoms with van der Waals surface area (Å²) in [6, 6.07) is 15.3. The molecule has 6 nitrogen and oxygen atoms in total. The second-order valence-electron chi connectivity index (χ2n) is 6.82. The van der Waals surface area contributed by atoms with Crippen molar-refractivity contribution in [1.29, 1.82) is 0 Å². The van der Waals surface area contributed by atoms with Crippen LogP contribution in [0.4, 0.5) is 10.5 Å². The van der Waals surface area contributed by atoms with Gasteiger partial charge in [-0.2, -0.15) is 0 Å². The van der Waals surface area contributed by atoms with Crippen LogP contribution in [0.25, 0.3) is 0 Å². The van der Waals surface area contributed by atoms with E-state index in [9.17, 15) is 9.59 Å². The predicted octanol–water partition coefficient (Wildman–Crippen LogP) is 2.64. The standard InChI is InChI=1S/C21H23N3O3/c1-27-18-7-4-6-17(15-18)20(25)22-11-13-23(14-12-22)21(26)24-10-9-16-5-2-3-8-19(16)24/h2-8,15H,9-14H2,1H3. The zero-order valence-corrected chi connectivity index (χ0v) is 15.4. The van der Waals surface area contributed by atoms with Crippen LogP contribution >= 0.6 is 0 Å². The molecule has 0 radical (unpaired) electrons. The number of hydrogen-bond donors (Lipinski definition) is 0. The van der Waals surface area contributed by atoms with Crippen molar-refractivity contribution in [2.75, 3.05) is 44.7 Å². The highest BCUT2D eigenvalue weighted by Crippen LogP contribution is 2.28. The SMILES string of the molecule is COc1cccc(C(=O)N2CCN(C(=O)N3CCc4ccccc43)CC2)c1. The summed E-state index contributed by atoms with van der Waals surface area (Å²) in [5.41, 5.74) is 2.85. The van der Waals surface area contributed by atoms with E-state index >= 15 is 0 Å². The molecule has 0 bridgehead atoms. The summed E-state index contributed by atoms with van der Waals surface area (Å²) in [5, 5.41) is 0. The Morgan fingerprint density at radius 3 is 2.41 bits per heavy atom. The molecule has 2 aromatic rings. The van der Waals surface area contributed by atoms with Gasteiger partial charge < -0.3 is 14.5 Å². The van der Waals surface area contributed by atoms with Crippen molar-refractivity contribution in [3.63, 3.8) is 0 Å². The Labute approximate surface area is 158 Å². The number of anilines is 1. The maximum Gasteiger partial charge on any atom is 0.324 e. The number of ether oxygens (including phenoxy) is 1. The lowest BCUT2D eigenvalue weighted by atomic mass is 10.1. The average molecular weight is 365 g/mol. The number of carbonyl (C=O) groups is 2. The molecule has 6 heteroatoms. The number of hydrogen-bond acceptors (Lipinski definition) is 3. The fraction of sp³-hybridized carbons (Fsp3) is 0.333. The summed E-state index contributed by atoms with van der Waals surface area (Å²) >= 11 is 0. The third-order valence-corrected chi connectivity index (χ3v) is 5.27. The number of piperazine rings is 1. The van der Waals surface area contributed by atoms with Gasteiger partial charge in [0, 0.05) is 44.0 Å². The van der Waals surface area contributed by atoms with E-state index in [-0.39, 0.29) is 11.9 Å². The predicted molar refractivity (Wildman–Crippen MR) is 103 cm³/mol. The van der Waals surface area contributed by atoms with Gasteiger partial charge in [0.05, 0.1) is 7.11 Å². The first-order valence-electron chi connectivity index (χ1n) is 9.25. The molecule has 0 atom stereocenters. The highest BCUT2D eigenvalue weighted by atomic mass is 16.5. The van der Waals surface area contributed by atoms with Gasteiger partial charge in [-0.1, -0.05) is 24.3 Å². The molecule has 2 aromatic carbocycles. The van der Waals surface area contributed by atoms with Gasteiger partial charge >= 0.3 is 6.03 Å². The molecular weight excluding hydrogens is 342 g/mol. The van der Waals surface area contributed by atoms with Crippen LogP contribution < -0.4 is 9.64 Å². The minimum absolute atomic E-state index is 0.0208. The van der Waals surface area contributed by atoms with Crippen molar-refractivity contribution < 1.29 is 14.3 Å². The molecule has 0 saturated carbocycles. The second-order valence-corrected chi connectivity index (χ2v) is 6.82. The Morgan fingerprint density at radius 2 is 1.63 bits per heavy atom. The van der Waals surface area contributed by atoms with Crippen LogP contribution in [0.15, 0.2) is 48.5 Å². The minimum Gasteiger partial charge on any atom is -0.497 e. The molecule has 0 aliphatic carbocycles. The summed E-state index contributed by atoms with van der Waals surface area (Å²) < 4.78 is 5.20. The largest absolute Gasteiger partial charge is 0.497 e. The fourth-order valence-corrected chi connectivity index (χ4v) is 3.75. The van der Waals surface area contributed by atoms with Crippen LogP contribution in [-0.2, 0) is 6.42 Å². The molecule has 0 spiro atoms. The number of nitrogens with zero attached hydrogens (tertiary/aromatic N) is 3. The molecule has 1 fully saturated rings. The molecular formula is C21H23N3O3. The number of rotatable bonds is 2. The maximum absolute atomic E-state index is 12.9. The van der Waals surface area contributed by atoms with Crippen molar-refractivity contribution in [2.45, 2.75) is 6.42 Å². The summed E-state index contributed by atoms with van der Waals surface area (Å²) in [4.78, 5) is 31.1. The maximum atomic E-state index is 12.9. The molecule has 3 amide bonds. The summed E-state index contributed by atoms with van der Waals surface area (Å²) in [6.07, 6.45) is 0.899. The van der Waals surface area contributed by atoms with Crippen LogP contribution in [0.2, 0.25) is 0 Å². The van der Waals surface area contributed by atoms with Crippen LogP contribution in [0.1, 0.15) is 15.9 Å². The first-order chi connectivity index (χ1) is 13.2. The van der Waals surface area contributed by atoms with Crippen LogP contribution in [-0.4, -0.2) is 61.6 Å². The van der Waals surface area contributed by atoms with Crippen molar-refractivity contribution >= 4 is 17.6 Å². The Balaban J connectivity index is 1.39. The smallest absolute Gasteiger partial charge is 0.324 e. The average Bonchev–Trinajstić information content (AvgIpc) is 3.17. The zero-order valence-electron chi connectivity index (χ0n) is 15.4. The van der Waals surface area contributed by atoms with E-state index in [1.807, 2.05) is 40.1 Å². The Kier molecular flexibility index (Phi) is 4.71. The number of methoxy groups -OCH3 is 1. The summed E-state index contributed by atoms with van der Waals surface area (Å²) in [7, 11) is 1.59. The number of carbonyl (C=O) groups excluding carboxylic acids is 2. The van der Waals surface area contributed by atoms with Crippen LogP contribution in [0.3, 0.4) is 0 Å². The number of benzene rings is 2. The van der Waals surface area contributed by atoms with Gasteiger partial charge in [0.1, 0.15) is 5.75 Å². The molecule has 0 unspecified atom stereocenters. The number of fused-ring (bicyclic) bond motifs is 1. The Hall–Kier alpha value is -3.02. The second kappa shape index (κ2) is 7.31. The molecule has 0 N–H and O–H groups in total. The zero-order chi connectivity index (χ0) is 18.8. The van der Waals surface area contributed by atoms with Crippen LogP contribution in [0, 0.1) is 0 Å². The summed E-state index contributed by atoms with van der Waals surface area (Å²) in [6.45, 7) is 2.90. The van der Waals surface area contributed by atoms with E-state index in [0.717, 1.165) is 18.7 Å². The highest BCUT2D eigenvalue weighted by Gasteiger charge is 2.31. The lowest BCUT2D eigenvalue weighted by Gasteiger charge is -2.36. The van der Waals surface area contributed by atoms with Crippen molar-refractivity contribution in [2.24, 2.45) is 0 Å². The number of amides is 3. The lowest BCUT2D eigenvalue weighted by Crippen LogP contribution is -2.54. The topological polar surface area (TPSA) is 53.1 Å². The molecule has 140 valence electrons. The molecule has 27 heavy (non-hydrogen) atoms. The van der Waals surface area contributed by atoms with E-state index in [1.54, 1.807) is 24.1 Å².